The van der Waals surface area contributed by atoms with Crippen molar-refractivity contribution in [3.63, 3.8) is 0 Å². The van der Waals surface area contributed by atoms with Crippen LogP contribution in [0, 0.1) is 5.92 Å². The molecular weight excluding hydrogens is 731 g/mol. The van der Waals surface area contributed by atoms with Gasteiger partial charge in [-0.3, -0.25) is 33.5 Å². The van der Waals surface area contributed by atoms with Crippen LogP contribution in [0.15, 0.2) is 53.5 Å². The second-order valence-corrected chi connectivity index (χ2v) is 15.1. The molecule has 5 aromatic rings. The number of nitrogens with zero attached hydrogens (tertiary/aromatic N) is 7. The average molecular weight is 774 g/mol. The standard InChI is InChI=1S/C39H42F3N9O5/c1-48-33-26(5-3-7-29(33)51(38(48)55)30-13-14-32(52)45-36(30)54)23-15-17-49(18-16-23)20-22-9-11-25(12-10-22)50-21-24-19-28(37(56-2)46-34(24)47-50)44-35(53)27-6-4-8-31(43-27)39(40,41)42/h3-8,19,21-23,25,30H,9-18,20H2,1-2H3,(H,44,53)(H,45,52,54). The van der Waals surface area contributed by atoms with Gasteiger partial charge in [-0.2, -0.15) is 23.3 Å². The van der Waals surface area contributed by atoms with E-state index in [1.807, 2.05) is 23.0 Å². The zero-order valence-electron chi connectivity index (χ0n) is 31.0. The van der Waals surface area contributed by atoms with Crippen molar-refractivity contribution in [3.05, 3.63) is 76.1 Å². The van der Waals surface area contributed by atoms with Crippen LogP contribution in [0.2, 0.25) is 0 Å². The highest BCUT2D eigenvalue weighted by Crippen LogP contribution is 2.38. The topological polar surface area (TPSA) is 158 Å². The van der Waals surface area contributed by atoms with Crippen molar-refractivity contribution in [2.75, 3.05) is 32.1 Å². The van der Waals surface area contributed by atoms with Crippen molar-refractivity contribution >= 4 is 45.5 Å². The summed E-state index contributed by atoms with van der Waals surface area (Å²) in [6.07, 6.45) is 3.58. The first kappa shape index (κ1) is 37.3. The minimum Gasteiger partial charge on any atom is -0.479 e. The van der Waals surface area contributed by atoms with Crippen molar-refractivity contribution in [1.82, 2.24) is 39.1 Å². The molecule has 17 heteroatoms. The molecule has 1 aliphatic carbocycles. The van der Waals surface area contributed by atoms with Crippen LogP contribution in [0.3, 0.4) is 0 Å². The van der Waals surface area contributed by atoms with Gasteiger partial charge in [-0.1, -0.05) is 18.2 Å². The van der Waals surface area contributed by atoms with Gasteiger partial charge < -0.3 is 15.0 Å². The van der Waals surface area contributed by atoms with Gasteiger partial charge in [0.25, 0.3) is 5.91 Å². The van der Waals surface area contributed by atoms with Gasteiger partial charge in [-0.05, 0) is 99.7 Å². The van der Waals surface area contributed by atoms with E-state index in [-0.39, 0.29) is 47.2 Å². The number of benzene rings is 1. The molecule has 294 valence electrons. The first-order chi connectivity index (χ1) is 26.9. The number of imidazole rings is 1. The summed E-state index contributed by atoms with van der Waals surface area (Å²) < 4.78 is 50.0. The first-order valence-corrected chi connectivity index (χ1v) is 18.9. The molecule has 1 unspecified atom stereocenters. The van der Waals surface area contributed by atoms with Crippen LogP contribution in [-0.2, 0) is 22.8 Å². The maximum Gasteiger partial charge on any atom is 0.433 e. The third-order valence-electron chi connectivity index (χ3n) is 11.6. The number of aromatic nitrogens is 6. The van der Waals surface area contributed by atoms with Crippen molar-refractivity contribution in [2.45, 2.75) is 75.5 Å². The Morgan fingerprint density at radius 2 is 1.73 bits per heavy atom. The summed E-state index contributed by atoms with van der Waals surface area (Å²) in [5, 5.41) is 10.3. The van der Waals surface area contributed by atoms with Crippen molar-refractivity contribution < 1.29 is 32.3 Å². The number of nitrogens with one attached hydrogen (secondary N) is 2. The number of carbonyl (C=O) groups excluding carboxylic acids is 3. The molecule has 4 aromatic heterocycles. The van der Waals surface area contributed by atoms with Gasteiger partial charge in [0.15, 0.2) is 5.65 Å². The Kier molecular flexibility index (Phi) is 9.88. The molecule has 6 heterocycles. The number of alkyl halides is 3. The van der Waals surface area contributed by atoms with E-state index in [9.17, 15) is 32.3 Å². The summed E-state index contributed by atoms with van der Waals surface area (Å²) >= 11 is 0. The number of hydrogen-bond acceptors (Lipinski definition) is 9. The average Bonchev–Trinajstić information content (AvgIpc) is 3.72. The SMILES string of the molecule is COc1nc2nn(C3CCC(CN4CCC(c5cccc6c5n(C)c(=O)n6C5CCC(=O)NC5=O)CC4)CC3)cc2cc1NC(=O)c1cccc(C(F)(F)F)n1. The number of methoxy groups -OCH3 is 1. The van der Waals surface area contributed by atoms with Gasteiger partial charge in [0, 0.05) is 31.6 Å². The molecule has 1 atom stereocenters. The number of aryl methyl sites for hydroxylation is 1. The number of ether oxygens (including phenoxy) is 1. The first-order valence-electron chi connectivity index (χ1n) is 18.9. The quantitative estimate of drug-likeness (QED) is 0.199. The number of para-hydroxylation sites is 1. The lowest BCUT2D eigenvalue weighted by Crippen LogP contribution is -2.44. The van der Waals surface area contributed by atoms with Crippen LogP contribution in [0.5, 0.6) is 5.88 Å². The number of halogens is 3. The summed E-state index contributed by atoms with van der Waals surface area (Å²) in [4.78, 5) is 61.2. The highest BCUT2D eigenvalue weighted by molar-refractivity contribution is 6.04. The lowest BCUT2D eigenvalue weighted by molar-refractivity contribution is -0.141. The van der Waals surface area contributed by atoms with E-state index < -0.39 is 29.7 Å². The van der Waals surface area contributed by atoms with E-state index in [0.717, 1.165) is 86.9 Å². The summed E-state index contributed by atoms with van der Waals surface area (Å²) in [5.41, 5.74) is 1.53. The van der Waals surface area contributed by atoms with Crippen LogP contribution >= 0.6 is 0 Å². The number of fused-ring (bicyclic) bond motifs is 2. The largest absolute Gasteiger partial charge is 0.479 e. The van der Waals surface area contributed by atoms with E-state index in [1.54, 1.807) is 22.2 Å². The number of anilines is 1. The predicted molar refractivity (Wildman–Crippen MR) is 199 cm³/mol. The Hall–Kier alpha value is -5.58. The summed E-state index contributed by atoms with van der Waals surface area (Å²) in [7, 11) is 3.14. The molecule has 0 radical (unpaired) electrons. The molecule has 56 heavy (non-hydrogen) atoms. The zero-order chi connectivity index (χ0) is 39.3. The van der Waals surface area contributed by atoms with Gasteiger partial charge in [-0.15, -0.1) is 0 Å². The maximum absolute atomic E-state index is 13.4. The van der Waals surface area contributed by atoms with E-state index in [2.05, 4.69) is 31.6 Å². The lowest BCUT2D eigenvalue weighted by Gasteiger charge is -2.37. The third kappa shape index (κ3) is 7.15. The minimum atomic E-state index is -4.68. The smallest absolute Gasteiger partial charge is 0.433 e. The van der Waals surface area contributed by atoms with Gasteiger partial charge in [-0.25, -0.2) is 9.78 Å². The molecule has 8 rings (SSSR count). The summed E-state index contributed by atoms with van der Waals surface area (Å²) in [5.74, 6) is -0.660. The van der Waals surface area contributed by atoms with E-state index in [0.29, 0.717) is 23.4 Å². The summed E-state index contributed by atoms with van der Waals surface area (Å²) in [6.45, 7) is 2.91. The Morgan fingerprint density at radius 3 is 2.45 bits per heavy atom. The van der Waals surface area contributed by atoms with Crippen LogP contribution in [0.4, 0.5) is 18.9 Å². The Balaban J connectivity index is 0.877. The predicted octanol–water partition coefficient (Wildman–Crippen LogP) is 5.35. The van der Waals surface area contributed by atoms with Crippen LogP contribution in [0.1, 0.15) is 91.1 Å². The highest BCUT2D eigenvalue weighted by atomic mass is 19.4. The fraction of sp³-hybridized carbons (Fsp3) is 0.462. The molecule has 0 bridgehead atoms. The molecular formula is C39H42F3N9O5. The number of hydrogen-bond donors (Lipinski definition) is 2. The number of piperidine rings is 2. The highest BCUT2D eigenvalue weighted by Gasteiger charge is 2.35. The van der Waals surface area contributed by atoms with Crippen molar-refractivity contribution in [1.29, 1.82) is 0 Å². The molecule has 1 saturated carbocycles. The zero-order valence-corrected chi connectivity index (χ0v) is 31.0. The van der Waals surface area contributed by atoms with E-state index in [4.69, 9.17) is 9.84 Å². The number of likely N-dealkylation sites (tertiary alicyclic amines) is 1. The third-order valence-corrected chi connectivity index (χ3v) is 11.6. The number of carbonyl (C=O) groups is 3. The van der Waals surface area contributed by atoms with Gasteiger partial charge in [0.1, 0.15) is 23.1 Å². The van der Waals surface area contributed by atoms with Crippen LogP contribution in [-0.4, -0.2) is 78.2 Å². The van der Waals surface area contributed by atoms with Crippen LogP contribution in [0.25, 0.3) is 22.1 Å². The Morgan fingerprint density at radius 1 is 0.982 bits per heavy atom. The lowest BCUT2D eigenvalue weighted by atomic mass is 9.84. The number of imide groups is 1. The monoisotopic (exact) mass is 773 g/mol. The van der Waals surface area contributed by atoms with E-state index in [1.165, 1.54) is 13.2 Å². The fourth-order valence-electron chi connectivity index (χ4n) is 8.71. The molecule has 0 spiro atoms. The fourth-order valence-corrected chi connectivity index (χ4v) is 8.71. The van der Waals surface area contributed by atoms with Gasteiger partial charge >= 0.3 is 11.9 Å². The Bertz CT molecular complexity index is 2390. The molecule has 1 aromatic carbocycles. The molecule has 14 nitrogen and oxygen atoms in total. The Labute approximate surface area is 319 Å². The van der Waals surface area contributed by atoms with E-state index >= 15 is 0 Å². The van der Waals surface area contributed by atoms with Gasteiger partial charge in [0.05, 0.1) is 24.2 Å². The molecule has 3 amide bonds. The summed E-state index contributed by atoms with van der Waals surface area (Å²) in [6, 6.07) is 10.2. The van der Waals surface area contributed by atoms with Crippen LogP contribution < -0.4 is 21.1 Å². The molecule has 3 aliphatic rings. The molecule has 2 aliphatic heterocycles. The number of pyridine rings is 2. The molecule has 2 saturated heterocycles. The van der Waals surface area contributed by atoms with Crippen molar-refractivity contribution in [3.8, 4) is 5.88 Å². The second-order valence-electron chi connectivity index (χ2n) is 15.1. The maximum atomic E-state index is 13.4. The normalized spacial score (nSPS) is 21.4. The minimum absolute atomic E-state index is 0.0851. The number of rotatable bonds is 8. The van der Waals surface area contributed by atoms with Crippen molar-refractivity contribution in [2.24, 2.45) is 13.0 Å². The molecule has 3 fully saturated rings. The second kappa shape index (κ2) is 14.8. The molecule has 2 N–H and O–H groups in total. The van der Waals surface area contributed by atoms with Gasteiger partial charge in [0.2, 0.25) is 17.7 Å². The number of amides is 3.